The Morgan fingerprint density at radius 2 is 1.79 bits per heavy atom. The summed E-state index contributed by atoms with van der Waals surface area (Å²) in [5.74, 6) is 0.401. The van der Waals surface area contributed by atoms with Gasteiger partial charge in [0.1, 0.15) is 5.58 Å². The topological polar surface area (TPSA) is 101 Å². The Labute approximate surface area is 161 Å². The van der Waals surface area contributed by atoms with Gasteiger partial charge in [-0.25, -0.2) is 0 Å². The molecule has 146 valence electrons. The predicted octanol–water partition coefficient (Wildman–Crippen LogP) is 2.96. The third-order valence-electron chi connectivity index (χ3n) is 4.30. The van der Waals surface area contributed by atoms with Gasteiger partial charge in [0.2, 0.25) is 11.2 Å². The van der Waals surface area contributed by atoms with E-state index < -0.39 is 12.5 Å². The van der Waals surface area contributed by atoms with Crippen LogP contribution in [0.1, 0.15) is 11.1 Å². The summed E-state index contributed by atoms with van der Waals surface area (Å²) in [6, 6.07) is 8.74. The van der Waals surface area contributed by atoms with Gasteiger partial charge >= 0.3 is 0 Å². The van der Waals surface area contributed by atoms with Gasteiger partial charge in [-0.05, 0) is 49.2 Å². The maximum Gasteiger partial charge on any atom is 0.255 e. The van der Waals surface area contributed by atoms with E-state index >= 15 is 0 Å². The van der Waals surface area contributed by atoms with Crippen molar-refractivity contribution in [3.05, 3.63) is 51.7 Å². The zero-order valence-electron chi connectivity index (χ0n) is 16.1. The van der Waals surface area contributed by atoms with Crippen molar-refractivity contribution in [3.8, 4) is 28.6 Å². The van der Waals surface area contributed by atoms with Crippen molar-refractivity contribution < 1.29 is 23.4 Å². The first kappa shape index (κ1) is 19.3. The highest BCUT2D eigenvalue weighted by atomic mass is 16.5. The minimum absolute atomic E-state index is 0.0783. The number of rotatable bonds is 6. The van der Waals surface area contributed by atoms with Gasteiger partial charge in [-0.15, -0.1) is 0 Å². The molecule has 0 atom stereocenters. The number of hydrogen-bond donors (Lipinski definition) is 1. The van der Waals surface area contributed by atoms with Crippen LogP contribution in [0.4, 0.5) is 0 Å². The van der Waals surface area contributed by atoms with Crippen molar-refractivity contribution >= 4 is 16.9 Å². The van der Waals surface area contributed by atoms with Crippen molar-refractivity contribution in [3.63, 3.8) is 0 Å². The lowest BCUT2D eigenvalue weighted by atomic mass is 10.0. The average molecular weight is 383 g/mol. The Balaban J connectivity index is 2.32. The number of primary amides is 1. The Hall–Kier alpha value is -3.48. The van der Waals surface area contributed by atoms with Crippen LogP contribution in [0.15, 0.2) is 39.5 Å². The van der Waals surface area contributed by atoms with Crippen molar-refractivity contribution in [2.45, 2.75) is 13.8 Å². The summed E-state index contributed by atoms with van der Waals surface area (Å²) in [4.78, 5) is 24.4. The lowest BCUT2D eigenvalue weighted by Crippen LogP contribution is -2.23. The lowest BCUT2D eigenvalue weighted by molar-refractivity contribution is -0.119. The molecule has 1 amide bonds. The second-order valence-corrected chi connectivity index (χ2v) is 6.37. The number of carbonyl (C=O) groups is 1. The molecule has 0 aliphatic heterocycles. The first-order valence-electron chi connectivity index (χ1n) is 8.57. The lowest BCUT2D eigenvalue weighted by Gasteiger charge is -2.14. The molecule has 28 heavy (non-hydrogen) atoms. The van der Waals surface area contributed by atoms with Crippen LogP contribution in [0.25, 0.3) is 22.3 Å². The number of benzene rings is 2. The molecule has 3 rings (SSSR count). The third kappa shape index (κ3) is 3.51. The van der Waals surface area contributed by atoms with Gasteiger partial charge in [-0.1, -0.05) is 6.07 Å². The molecule has 3 aromatic rings. The maximum atomic E-state index is 13.2. The minimum atomic E-state index is -0.696. The molecule has 2 N–H and O–H groups in total. The standard InChI is InChI=1S/C21H21NO6/c1-11-7-12(2)18-16(8-11)28-20(21(19(18)24)27-10-17(22)23)13-5-6-14(25-3)15(9-13)26-4/h5-9H,10H2,1-4H3,(H2,22,23). The van der Waals surface area contributed by atoms with Gasteiger partial charge in [-0.2, -0.15) is 0 Å². The Bertz CT molecular complexity index is 1120. The molecule has 2 aromatic carbocycles. The molecule has 7 heteroatoms. The van der Waals surface area contributed by atoms with E-state index in [4.69, 9.17) is 24.4 Å². The zero-order valence-corrected chi connectivity index (χ0v) is 16.1. The van der Waals surface area contributed by atoms with E-state index in [0.717, 1.165) is 11.1 Å². The molecular formula is C21H21NO6. The molecule has 0 saturated carbocycles. The Morgan fingerprint density at radius 3 is 2.43 bits per heavy atom. The van der Waals surface area contributed by atoms with Crippen molar-refractivity contribution in [2.24, 2.45) is 5.73 Å². The van der Waals surface area contributed by atoms with Crippen LogP contribution in [0.2, 0.25) is 0 Å². The number of ether oxygens (including phenoxy) is 3. The maximum absolute atomic E-state index is 13.2. The van der Waals surface area contributed by atoms with Crippen LogP contribution in [0.5, 0.6) is 17.2 Å². The third-order valence-corrected chi connectivity index (χ3v) is 4.30. The second kappa shape index (κ2) is 7.64. The fraction of sp³-hybridized carbons (Fsp3) is 0.238. The normalized spacial score (nSPS) is 10.7. The minimum Gasteiger partial charge on any atom is -0.493 e. The number of methoxy groups -OCH3 is 2. The van der Waals surface area contributed by atoms with Gasteiger partial charge in [-0.3, -0.25) is 9.59 Å². The van der Waals surface area contributed by atoms with Crippen LogP contribution >= 0.6 is 0 Å². The SMILES string of the molecule is COc1ccc(-c2oc3cc(C)cc(C)c3c(=O)c2OCC(N)=O)cc1OC. The number of hydrogen-bond acceptors (Lipinski definition) is 6. The van der Waals surface area contributed by atoms with Gasteiger partial charge in [0.15, 0.2) is 23.9 Å². The molecule has 0 spiro atoms. The summed E-state index contributed by atoms with van der Waals surface area (Å²) < 4.78 is 22.1. The molecule has 0 unspecified atom stereocenters. The van der Waals surface area contributed by atoms with Crippen LogP contribution in [0, 0.1) is 13.8 Å². The van der Waals surface area contributed by atoms with Gasteiger partial charge < -0.3 is 24.4 Å². The van der Waals surface area contributed by atoms with E-state index in [0.29, 0.717) is 28.0 Å². The predicted molar refractivity (Wildman–Crippen MR) is 105 cm³/mol. The molecule has 0 radical (unpaired) electrons. The molecule has 0 aliphatic rings. The van der Waals surface area contributed by atoms with E-state index in [1.807, 2.05) is 19.9 Å². The Kier molecular flexibility index (Phi) is 5.26. The number of aryl methyl sites for hydroxylation is 2. The summed E-state index contributed by atoms with van der Waals surface area (Å²) in [6.07, 6.45) is 0. The monoisotopic (exact) mass is 383 g/mol. The number of fused-ring (bicyclic) bond motifs is 1. The highest BCUT2D eigenvalue weighted by molar-refractivity contribution is 5.86. The molecule has 7 nitrogen and oxygen atoms in total. The highest BCUT2D eigenvalue weighted by Crippen LogP contribution is 2.37. The van der Waals surface area contributed by atoms with Crippen molar-refractivity contribution in [2.75, 3.05) is 20.8 Å². The Morgan fingerprint density at radius 1 is 1.07 bits per heavy atom. The highest BCUT2D eigenvalue weighted by Gasteiger charge is 2.21. The number of amides is 1. The van der Waals surface area contributed by atoms with E-state index in [1.165, 1.54) is 14.2 Å². The first-order valence-corrected chi connectivity index (χ1v) is 8.57. The van der Waals surface area contributed by atoms with Crippen molar-refractivity contribution in [1.82, 2.24) is 0 Å². The molecule has 0 saturated heterocycles. The fourth-order valence-electron chi connectivity index (χ4n) is 3.11. The number of nitrogens with two attached hydrogens (primary N) is 1. The van der Waals surface area contributed by atoms with Crippen molar-refractivity contribution in [1.29, 1.82) is 0 Å². The summed E-state index contributed by atoms with van der Waals surface area (Å²) in [5.41, 5.74) is 7.50. The number of carbonyl (C=O) groups excluding carboxylic acids is 1. The smallest absolute Gasteiger partial charge is 0.255 e. The molecule has 0 fully saturated rings. The van der Waals surface area contributed by atoms with E-state index in [2.05, 4.69) is 0 Å². The first-order chi connectivity index (χ1) is 13.3. The molecule has 1 heterocycles. The van der Waals surface area contributed by atoms with Gasteiger partial charge in [0.25, 0.3) is 5.91 Å². The molecular weight excluding hydrogens is 362 g/mol. The average Bonchev–Trinajstić information content (AvgIpc) is 2.65. The molecule has 1 aromatic heterocycles. The van der Waals surface area contributed by atoms with Crippen LogP contribution in [-0.2, 0) is 4.79 Å². The molecule has 0 aliphatic carbocycles. The van der Waals surface area contributed by atoms with Gasteiger partial charge in [0, 0.05) is 5.56 Å². The summed E-state index contributed by atoms with van der Waals surface area (Å²) >= 11 is 0. The fourth-order valence-corrected chi connectivity index (χ4v) is 3.11. The van der Waals surface area contributed by atoms with Crippen LogP contribution in [0.3, 0.4) is 0 Å². The quantitative estimate of drug-likeness (QED) is 0.702. The van der Waals surface area contributed by atoms with Crippen LogP contribution in [-0.4, -0.2) is 26.7 Å². The summed E-state index contributed by atoms with van der Waals surface area (Å²) in [5, 5.41) is 0.397. The summed E-state index contributed by atoms with van der Waals surface area (Å²) in [6.45, 7) is 3.29. The van der Waals surface area contributed by atoms with E-state index in [1.54, 1.807) is 24.3 Å². The van der Waals surface area contributed by atoms with Gasteiger partial charge in [0.05, 0.1) is 19.6 Å². The van der Waals surface area contributed by atoms with Crippen LogP contribution < -0.4 is 25.4 Å². The largest absolute Gasteiger partial charge is 0.493 e. The second-order valence-electron chi connectivity index (χ2n) is 6.37. The zero-order chi connectivity index (χ0) is 20.4. The molecule has 0 bridgehead atoms. The van der Waals surface area contributed by atoms with E-state index in [9.17, 15) is 9.59 Å². The van der Waals surface area contributed by atoms with E-state index in [-0.39, 0.29) is 16.9 Å². The summed E-state index contributed by atoms with van der Waals surface area (Å²) in [7, 11) is 3.04.